The molecule has 0 aliphatic carbocycles. The first-order chi connectivity index (χ1) is 17.7. The van der Waals surface area contributed by atoms with Crippen LogP contribution < -0.4 is 15.4 Å². The number of carbonyl (C=O) groups is 1. The monoisotopic (exact) mass is 519 g/mol. The van der Waals surface area contributed by atoms with Gasteiger partial charge in [0, 0.05) is 38.4 Å². The number of amides is 1. The van der Waals surface area contributed by atoms with Gasteiger partial charge in [0.25, 0.3) is 5.56 Å². The number of ether oxygens (including phenoxy) is 1. The summed E-state index contributed by atoms with van der Waals surface area (Å²) in [6.07, 6.45) is -0.819. The van der Waals surface area contributed by atoms with Gasteiger partial charge >= 0.3 is 6.18 Å². The highest BCUT2D eigenvalue weighted by molar-refractivity contribution is 5.77. The minimum Gasteiger partial charge on any atom is -0.379 e. The highest BCUT2D eigenvalue weighted by Crippen LogP contribution is 2.36. The summed E-state index contributed by atoms with van der Waals surface area (Å²) in [6.45, 7) is 4.34. The number of pyridine rings is 1. The predicted molar refractivity (Wildman–Crippen MR) is 128 cm³/mol. The second kappa shape index (κ2) is 11.2. The molecule has 4 rings (SSSR count). The van der Waals surface area contributed by atoms with Crippen LogP contribution in [0.5, 0.6) is 0 Å². The SMILES string of the molecule is C[C@@H]1CN(c2ccc(C#N)cn2)CCN1C(=O)CCOC[C@@H]1CCCN1c1cn[nH]c(=O)c1C(F)(F)F. The number of carbonyl (C=O) groups excluding carboxylic acids is 1. The molecule has 2 aromatic rings. The number of halogens is 3. The Bertz CT molecular complexity index is 1200. The fourth-order valence-corrected chi connectivity index (χ4v) is 4.90. The predicted octanol–water partition coefficient (Wildman–Crippen LogP) is 2.17. The van der Waals surface area contributed by atoms with Gasteiger partial charge in [0.1, 0.15) is 17.5 Å². The summed E-state index contributed by atoms with van der Waals surface area (Å²) < 4.78 is 46.1. The van der Waals surface area contributed by atoms with E-state index in [1.807, 2.05) is 18.1 Å². The molecule has 4 heterocycles. The molecule has 0 radical (unpaired) electrons. The first-order valence-electron chi connectivity index (χ1n) is 12.1. The maximum Gasteiger partial charge on any atom is 0.423 e. The molecule has 0 spiro atoms. The van der Waals surface area contributed by atoms with Crippen molar-refractivity contribution in [2.45, 2.75) is 44.4 Å². The highest BCUT2D eigenvalue weighted by Gasteiger charge is 2.40. The maximum absolute atomic E-state index is 13.5. The standard InChI is InChI=1S/C24H28F3N7O3/c1-16-14-32(20-5-4-17(11-28)12-29-20)8-9-33(16)21(35)6-10-37-15-18-3-2-7-34(18)19-13-30-31-23(36)22(19)24(25,26)27/h4-5,12-13,16,18H,2-3,6-10,14-15H2,1H3,(H,31,36)/t16-,18+/m1/s1. The first kappa shape index (κ1) is 26.4. The average Bonchev–Trinajstić information content (AvgIpc) is 3.34. The molecule has 2 saturated heterocycles. The smallest absolute Gasteiger partial charge is 0.379 e. The Hall–Kier alpha value is -3.66. The zero-order valence-electron chi connectivity index (χ0n) is 20.4. The molecule has 1 amide bonds. The fraction of sp³-hybridized carbons (Fsp3) is 0.542. The molecule has 13 heteroatoms. The number of alkyl halides is 3. The van der Waals surface area contributed by atoms with Gasteiger partial charge in [-0.3, -0.25) is 9.59 Å². The van der Waals surface area contributed by atoms with Crippen LogP contribution in [-0.4, -0.2) is 77.5 Å². The van der Waals surface area contributed by atoms with E-state index < -0.39 is 17.3 Å². The van der Waals surface area contributed by atoms with Crippen LogP contribution in [-0.2, 0) is 15.7 Å². The number of rotatable bonds is 7. The van der Waals surface area contributed by atoms with Gasteiger partial charge in [-0.2, -0.15) is 23.5 Å². The van der Waals surface area contributed by atoms with Crippen LogP contribution in [0.1, 0.15) is 37.3 Å². The lowest BCUT2D eigenvalue weighted by Gasteiger charge is -2.40. The molecule has 0 aromatic carbocycles. The van der Waals surface area contributed by atoms with Crippen molar-refractivity contribution >= 4 is 17.4 Å². The summed E-state index contributed by atoms with van der Waals surface area (Å²) in [7, 11) is 0. The Morgan fingerprint density at radius 3 is 2.76 bits per heavy atom. The Balaban J connectivity index is 1.27. The minimum atomic E-state index is -4.80. The van der Waals surface area contributed by atoms with E-state index in [1.54, 1.807) is 17.0 Å². The molecule has 0 bridgehead atoms. The first-order valence-corrected chi connectivity index (χ1v) is 12.1. The molecule has 2 aromatic heterocycles. The van der Waals surface area contributed by atoms with E-state index >= 15 is 0 Å². The lowest BCUT2D eigenvalue weighted by atomic mass is 10.1. The highest BCUT2D eigenvalue weighted by atomic mass is 19.4. The zero-order valence-corrected chi connectivity index (χ0v) is 20.4. The molecule has 0 saturated carbocycles. The Morgan fingerprint density at radius 1 is 1.27 bits per heavy atom. The van der Waals surface area contributed by atoms with Gasteiger partial charge in [-0.1, -0.05) is 0 Å². The van der Waals surface area contributed by atoms with E-state index in [4.69, 9.17) is 10.00 Å². The van der Waals surface area contributed by atoms with E-state index in [0.717, 1.165) is 12.0 Å². The summed E-state index contributed by atoms with van der Waals surface area (Å²) in [6, 6.07) is 5.15. The number of nitrogens with zero attached hydrogens (tertiary/aromatic N) is 6. The molecule has 2 fully saturated rings. The molecular formula is C24H28F3N7O3. The average molecular weight is 520 g/mol. The van der Waals surface area contributed by atoms with Crippen molar-refractivity contribution in [1.29, 1.82) is 5.26 Å². The summed E-state index contributed by atoms with van der Waals surface area (Å²) in [4.78, 5) is 34.3. The van der Waals surface area contributed by atoms with Crippen LogP contribution in [0.25, 0.3) is 0 Å². The van der Waals surface area contributed by atoms with Gasteiger partial charge in [-0.15, -0.1) is 0 Å². The number of nitrogens with one attached hydrogen (secondary N) is 1. The van der Waals surface area contributed by atoms with Crippen LogP contribution in [0.3, 0.4) is 0 Å². The molecule has 37 heavy (non-hydrogen) atoms. The number of aromatic amines is 1. The molecule has 2 aliphatic heterocycles. The second-order valence-electron chi connectivity index (χ2n) is 9.17. The van der Waals surface area contributed by atoms with Crippen molar-refractivity contribution in [2.75, 3.05) is 49.2 Å². The van der Waals surface area contributed by atoms with Crippen molar-refractivity contribution in [2.24, 2.45) is 0 Å². The quantitative estimate of drug-likeness (QED) is 0.553. The van der Waals surface area contributed by atoms with Crippen molar-refractivity contribution in [3.8, 4) is 6.07 Å². The fourth-order valence-electron chi connectivity index (χ4n) is 4.90. The maximum atomic E-state index is 13.5. The van der Waals surface area contributed by atoms with Crippen LogP contribution in [0.4, 0.5) is 24.7 Å². The van der Waals surface area contributed by atoms with Crippen molar-refractivity contribution in [1.82, 2.24) is 20.1 Å². The van der Waals surface area contributed by atoms with E-state index in [-0.39, 0.29) is 43.3 Å². The Kier molecular flexibility index (Phi) is 7.97. The second-order valence-corrected chi connectivity index (χ2v) is 9.17. The number of H-pyrrole nitrogens is 1. The lowest BCUT2D eigenvalue weighted by Crippen LogP contribution is -2.54. The third kappa shape index (κ3) is 6.02. The molecule has 2 atom stereocenters. The van der Waals surface area contributed by atoms with E-state index in [2.05, 4.69) is 15.0 Å². The normalized spacial score (nSPS) is 20.2. The Morgan fingerprint density at radius 2 is 2.08 bits per heavy atom. The van der Waals surface area contributed by atoms with E-state index in [0.29, 0.717) is 44.6 Å². The van der Waals surface area contributed by atoms with Gasteiger partial charge in [0.2, 0.25) is 5.91 Å². The number of nitriles is 1. The number of hydrogen-bond acceptors (Lipinski definition) is 8. The molecule has 1 N–H and O–H groups in total. The number of aromatic nitrogens is 3. The van der Waals surface area contributed by atoms with E-state index in [1.165, 1.54) is 11.1 Å². The van der Waals surface area contributed by atoms with Crippen molar-refractivity contribution in [3.63, 3.8) is 0 Å². The largest absolute Gasteiger partial charge is 0.423 e. The summed E-state index contributed by atoms with van der Waals surface area (Å²) in [5, 5.41) is 14.3. The summed E-state index contributed by atoms with van der Waals surface area (Å²) in [5.41, 5.74) is -2.29. The van der Waals surface area contributed by atoms with E-state index in [9.17, 15) is 22.8 Å². The van der Waals surface area contributed by atoms with Gasteiger partial charge in [0.05, 0.1) is 43.1 Å². The molecule has 0 unspecified atom stereocenters. The van der Waals surface area contributed by atoms with Crippen LogP contribution in [0, 0.1) is 11.3 Å². The van der Waals surface area contributed by atoms with Crippen molar-refractivity contribution in [3.05, 3.63) is 46.0 Å². The van der Waals surface area contributed by atoms with Crippen LogP contribution in [0.2, 0.25) is 0 Å². The summed E-state index contributed by atoms with van der Waals surface area (Å²) >= 11 is 0. The minimum absolute atomic E-state index is 0.0477. The topological polar surface area (TPSA) is 118 Å². The lowest BCUT2D eigenvalue weighted by molar-refractivity contribution is -0.138. The third-order valence-corrected chi connectivity index (χ3v) is 6.73. The number of hydrogen-bond donors (Lipinski definition) is 1. The Labute approximate surface area is 211 Å². The van der Waals surface area contributed by atoms with Gasteiger partial charge in [0.15, 0.2) is 0 Å². The van der Waals surface area contributed by atoms with Crippen LogP contribution >= 0.6 is 0 Å². The van der Waals surface area contributed by atoms with Gasteiger partial charge in [-0.25, -0.2) is 10.1 Å². The zero-order chi connectivity index (χ0) is 26.6. The number of anilines is 2. The molecular weight excluding hydrogens is 491 g/mol. The third-order valence-electron chi connectivity index (χ3n) is 6.73. The van der Waals surface area contributed by atoms with Gasteiger partial charge < -0.3 is 19.4 Å². The summed E-state index contributed by atoms with van der Waals surface area (Å²) in [5.74, 6) is 0.702. The van der Waals surface area contributed by atoms with Crippen molar-refractivity contribution < 1.29 is 22.7 Å². The molecule has 198 valence electrons. The number of piperazine rings is 1. The van der Waals surface area contributed by atoms with Gasteiger partial charge in [-0.05, 0) is 31.9 Å². The molecule has 10 nitrogen and oxygen atoms in total. The molecule has 2 aliphatic rings. The van der Waals surface area contributed by atoms with Crippen LogP contribution in [0.15, 0.2) is 29.3 Å².